The van der Waals surface area contributed by atoms with Crippen LogP contribution in [0.1, 0.15) is 33.4 Å². The number of aryl methyl sites for hydroxylation is 2. The van der Waals surface area contributed by atoms with Gasteiger partial charge in [0, 0.05) is 12.6 Å². The zero-order chi connectivity index (χ0) is 12.9. The minimum atomic E-state index is -0.286. The van der Waals surface area contributed by atoms with Crippen LogP contribution in [0, 0.1) is 12.7 Å². The van der Waals surface area contributed by atoms with Crippen molar-refractivity contribution in [1.82, 2.24) is 15.1 Å². The third-order valence-corrected chi connectivity index (χ3v) is 3.25. The van der Waals surface area contributed by atoms with Gasteiger partial charge in [0.1, 0.15) is 11.5 Å². The van der Waals surface area contributed by atoms with Gasteiger partial charge in [0.25, 0.3) is 5.91 Å². The number of fused-ring (bicyclic) bond motifs is 1. The van der Waals surface area contributed by atoms with E-state index in [2.05, 4.69) is 10.4 Å². The number of hydrogen-bond acceptors (Lipinski definition) is 2. The van der Waals surface area contributed by atoms with Crippen molar-refractivity contribution in [3.63, 3.8) is 0 Å². The molecular formula is C13H12FN3O. The van der Waals surface area contributed by atoms with E-state index in [-0.39, 0.29) is 17.8 Å². The van der Waals surface area contributed by atoms with Crippen molar-refractivity contribution in [3.05, 3.63) is 52.6 Å². The van der Waals surface area contributed by atoms with E-state index in [1.807, 2.05) is 6.92 Å². The molecule has 0 bridgehead atoms. The fourth-order valence-electron chi connectivity index (χ4n) is 2.47. The van der Waals surface area contributed by atoms with E-state index in [0.717, 1.165) is 16.8 Å². The summed E-state index contributed by atoms with van der Waals surface area (Å²) in [5.41, 5.74) is 3.15. The van der Waals surface area contributed by atoms with Crippen LogP contribution in [0.4, 0.5) is 4.39 Å². The highest BCUT2D eigenvalue weighted by atomic mass is 19.1. The summed E-state index contributed by atoms with van der Waals surface area (Å²) in [7, 11) is 1.75. The number of nitrogens with zero attached hydrogens (tertiary/aromatic N) is 2. The van der Waals surface area contributed by atoms with Crippen LogP contribution < -0.4 is 5.32 Å². The number of nitrogens with one attached hydrogen (secondary N) is 1. The molecule has 1 amide bonds. The molecule has 0 saturated heterocycles. The predicted molar refractivity (Wildman–Crippen MR) is 63.7 cm³/mol. The molecule has 1 aromatic heterocycles. The highest BCUT2D eigenvalue weighted by molar-refractivity contribution is 5.98. The average Bonchev–Trinajstić information content (AvgIpc) is 2.81. The maximum atomic E-state index is 12.9. The zero-order valence-corrected chi connectivity index (χ0v) is 10.1. The molecule has 1 unspecified atom stereocenters. The van der Waals surface area contributed by atoms with Crippen molar-refractivity contribution in [2.24, 2.45) is 7.05 Å². The molecule has 1 aliphatic heterocycles. The Bertz CT molecular complexity index is 630. The number of halogens is 1. The third kappa shape index (κ3) is 1.44. The van der Waals surface area contributed by atoms with Gasteiger partial charge in [-0.1, -0.05) is 12.1 Å². The lowest BCUT2D eigenvalue weighted by molar-refractivity contribution is 0.0951. The normalized spacial score (nSPS) is 17.7. The second-order valence-corrected chi connectivity index (χ2v) is 4.43. The van der Waals surface area contributed by atoms with Crippen LogP contribution in [-0.4, -0.2) is 15.7 Å². The van der Waals surface area contributed by atoms with Gasteiger partial charge in [-0.2, -0.15) is 5.10 Å². The van der Waals surface area contributed by atoms with Crippen LogP contribution in [0.5, 0.6) is 0 Å². The van der Waals surface area contributed by atoms with E-state index in [1.54, 1.807) is 23.9 Å². The van der Waals surface area contributed by atoms with Crippen molar-refractivity contribution in [3.8, 4) is 0 Å². The summed E-state index contributed by atoms with van der Waals surface area (Å²) in [6.07, 6.45) is 0. The lowest BCUT2D eigenvalue weighted by atomic mass is 10.0. The van der Waals surface area contributed by atoms with Crippen LogP contribution in [0.2, 0.25) is 0 Å². The molecule has 0 aliphatic carbocycles. The molecule has 2 heterocycles. The van der Waals surface area contributed by atoms with Gasteiger partial charge in [0.05, 0.1) is 11.7 Å². The molecule has 5 heteroatoms. The van der Waals surface area contributed by atoms with Crippen molar-refractivity contribution >= 4 is 5.91 Å². The SMILES string of the molecule is Cc1nn(C)c2c1C(c1ccc(F)cc1)NC2=O. The Hall–Kier alpha value is -2.17. The minimum Gasteiger partial charge on any atom is -0.340 e. The average molecular weight is 245 g/mol. The van der Waals surface area contributed by atoms with Gasteiger partial charge in [0.15, 0.2) is 0 Å². The summed E-state index contributed by atoms with van der Waals surface area (Å²) in [6.45, 7) is 1.87. The maximum Gasteiger partial charge on any atom is 0.270 e. The fourth-order valence-corrected chi connectivity index (χ4v) is 2.47. The van der Waals surface area contributed by atoms with Gasteiger partial charge in [-0.3, -0.25) is 9.48 Å². The lowest BCUT2D eigenvalue weighted by Gasteiger charge is -2.11. The number of hydrogen-bond donors (Lipinski definition) is 1. The van der Waals surface area contributed by atoms with Crippen molar-refractivity contribution < 1.29 is 9.18 Å². The molecule has 18 heavy (non-hydrogen) atoms. The Morgan fingerprint density at radius 1 is 1.33 bits per heavy atom. The monoisotopic (exact) mass is 245 g/mol. The summed E-state index contributed by atoms with van der Waals surface area (Å²) in [5, 5.41) is 7.15. The smallest absolute Gasteiger partial charge is 0.270 e. The molecule has 0 radical (unpaired) electrons. The first-order chi connectivity index (χ1) is 8.58. The Morgan fingerprint density at radius 3 is 2.67 bits per heavy atom. The fraction of sp³-hybridized carbons (Fsp3) is 0.231. The standard InChI is InChI=1S/C13H12FN3O/c1-7-10-11(8-3-5-9(14)6-4-8)15-13(18)12(10)17(2)16-7/h3-6,11H,1-2H3,(H,15,18). The zero-order valence-electron chi connectivity index (χ0n) is 10.1. The Kier molecular flexibility index (Phi) is 2.23. The van der Waals surface area contributed by atoms with E-state index >= 15 is 0 Å². The molecule has 1 aliphatic rings. The Balaban J connectivity index is 2.12. The number of carbonyl (C=O) groups excluding carboxylic acids is 1. The Labute approximate surface area is 103 Å². The second kappa shape index (κ2) is 3.66. The van der Waals surface area contributed by atoms with Crippen LogP contribution in [-0.2, 0) is 7.05 Å². The lowest BCUT2D eigenvalue weighted by Crippen LogP contribution is -2.22. The molecule has 1 atom stereocenters. The summed E-state index contributed by atoms with van der Waals surface area (Å²) in [4.78, 5) is 11.9. The molecule has 0 saturated carbocycles. The molecule has 1 aromatic carbocycles. The second-order valence-electron chi connectivity index (χ2n) is 4.43. The Morgan fingerprint density at radius 2 is 2.00 bits per heavy atom. The molecule has 4 nitrogen and oxygen atoms in total. The van der Waals surface area contributed by atoms with E-state index in [4.69, 9.17) is 0 Å². The first kappa shape index (κ1) is 11.0. The van der Waals surface area contributed by atoms with Crippen LogP contribution in [0.25, 0.3) is 0 Å². The van der Waals surface area contributed by atoms with Gasteiger partial charge in [-0.15, -0.1) is 0 Å². The first-order valence-electron chi connectivity index (χ1n) is 5.67. The molecule has 0 fully saturated rings. The van der Waals surface area contributed by atoms with E-state index in [9.17, 15) is 9.18 Å². The molecule has 1 N–H and O–H groups in total. The highest BCUT2D eigenvalue weighted by Gasteiger charge is 2.35. The summed E-state index contributed by atoms with van der Waals surface area (Å²) in [6, 6.07) is 5.92. The number of benzene rings is 1. The van der Waals surface area contributed by atoms with Crippen molar-refractivity contribution in [2.45, 2.75) is 13.0 Å². The van der Waals surface area contributed by atoms with E-state index in [0.29, 0.717) is 5.69 Å². The van der Waals surface area contributed by atoms with Gasteiger partial charge >= 0.3 is 0 Å². The number of aromatic nitrogens is 2. The largest absolute Gasteiger partial charge is 0.340 e. The van der Waals surface area contributed by atoms with Crippen LogP contribution in [0.15, 0.2) is 24.3 Å². The van der Waals surface area contributed by atoms with Crippen LogP contribution >= 0.6 is 0 Å². The van der Waals surface area contributed by atoms with Gasteiger partial charge in [-0.25, -0.2) is 4.39 Å². The van der Waals surface area contributed by atoms with Crippen LogP contribution in [0.3, 0.4) is 0 Å². The maximum absolute atomic E-state index is 12.9. The number of amides is 1. The topological polar surface area (TPSA) is 46.9 Å². The predicted octanol–water partition coefficient (Wildman–Crippen LogP) is 1.70. The van der Waals surface area contributed by atoms with E-state index in [1.165, 1.54) is 12.1 Å². The van der Waals surface area contributed by atoms with Gasteiger partial charge in [-0.05, 0) is 24.6 Å². The molecular weight excluding hydrogens is 233 g/mol. The summed E-state index contributed by atoms with van der Waals surface area (Å²) < 4.78 is 14.5. The third-order valence-electron chi connectivity index (χ3n) is 3.25. The van der Waals surface area contributed by atoms with E-state index < -0.39 is 0 Å². The van der Waals surface area contributed by atoms with Crippen molar-refractivity contribution in [2.75, 3.05) is 0 Å². The molecule has 2 aromatic rings. The van der Waals surface area contributed by atoms with Gasteiger partial charge < -0.3 is 5.32 Å². The van der Waals surface area contributed by atoms with Crippen molar-refractivity contribution in [1.29, 1.82) is 0 Å². The summed E-state index contributed by atoms with van der Waals surface area (Å²) >= 11 is 0. The number of rotatable bonds is 1. The summed E-state index contributed by atoms with van der Waals surface area (Å²) in [5.74, 6) is -0.423. The highest BCUT2D eigenvalue weighted by Crippen LogP contribution is 2.32. The molecule has 92 valence electrons. The number of carbonyl (C=O) groups is 1. The molecule has 3 rings (SSSR count). The quantitative estimate of drug-likeness (QED) is 0.831. The molecule has 0 spiro atoms. The minimum absolute atomic E-state index is 0.137. The first-order valence-corrected chi connectivity index (χ1v) is 5.67. The van der Waals surface area contributed by atoms with Gasteiger partial charge in [0.2, 0.25) is 0 Å².